The molecule has 124 valence electrons. The van der Waals surface area contributed by atoms with E-state index in [0.717, 1.165) is 5.31 Å². The van der Waals surface area contributed by atoms with Crippen LogP contribution in [0.15, 0.2) is 21.4 Å². The molecule has 8 heteroatoms. The smallest absolute Gasteiger partial charge is 0.174 e. The third-order valence-corrected chi connectivity index (χ3v) is 20.3. The van der Waals surface area contributed by atoms with Gasteiger partial charge in [0.1, 0.15) is 23.8 Å². The number of nitrogens with one attached hydrogen (secondary N) is 1. The molecular formula is C13H35N4PSi3. The van der Waals surface area contributed by atoms with Crippen LogP contribution < -0.4 is 5.20 Å². The lowest BCUT2D eigenvalue weighted by molar-refractivity contribution is 0.904. The van der Waals surface area contributed by atoms with Crippen molar-refractivity contribution < 1.29 is 0 Å². The average Bonchev–Trinajstić information content (AvgIpc) is 2.09. The summed E-state index contributed by atoms with van der Waals surface area (Å²) in [5, 5.41) is 8.55. The van der Waals surface area contributed by atoms with E-state index in [1.807, 2.05) is 0 Å². The van der Waals surface area contributed by atoms with Crippen molar-refractivity contribution in [1.29, 1.82) is 0 Å². The molecule has 1 N–H and O–H groups in total. The summed E-state index contributed by atoms with van der Waals surface area (Å²) in [4.78, 5) is 0. The van der Waals surface area contributed by atoms with Gasteiger partial charge in [-0.1, -0.05) is 45.9 Å². The quantitative estimate of drug-likeness (QED) is 0.278. The van der Waals surface area contributed by atoms with E-state index in [2.05, 4.69) is 93.4 Å². The van der Waals surface area contributed by atoms with Crippen LogP contribution in [0, 0.1) is 0 Å². The Morgan fingerprint density at radius 2 is 1.33 bits per heavy atom. The predicted molar refractivity (Wildman–Crippen MR) is 109 cm³/mol. The monoisotopic (exact) mass is 362 g/mol. The number of hydrazone groups is 1. The Hall–Kier alpha value is 0.0506. The first-order valence-corrected chi connectivity index (χ1v) is 19.4. The molecule has 4 nitrogen and oxygen atoms in total. The third kappa shape index (κ3) is 5.63. The fourth-order valence-electron chi connectivity index (χ4n) is 2.86. The van der Waals surface area contributed by atoms with Crippen LogP contribution in [0.3, 0.4) is 0 Å². The number of hydrogen-bond acceptors (Lipinski definition) is 2. The first-order chi connectivity index (χ1) is 9.08. The molecule has 0 aromatic heterocycles. The highest BCUT2D eigenvalue weighted by molar-refractivity contribution is 7.71. The highest BCUT2D eigenvalue weighted by atomic mass is 31.2. The fourth-order valence-corrected chi connectivity index (χ4v) is 25.4. The molecule has 0 aliphatic carbocycles. The van der Waals surface area contributed by atoms with Gasteiger partial charge < -0.3 is 4.41 Å². The lowest BCUT2D eigenvalue weighted by Gasteiger charge is -2.51. The first kappa shape index (κ1) is 21.1. The topological polar surface area (TPSA) is 40.0 Å². The molecule has 0 bridgehead atoms. The summed E-state index contributed by atoms with van der Waals surface area (Å²) >= 11 is 0. The van der Waals surface area contributed by atoms with Gasteiger partial charge in [-0.3, -0.25) is 9.20 Å². The van der Waals surface area contributed by atoms with Crippen molar-refractivity contribution in [3.05, 3.63) is 11.9 Å². The zero-order chi connectivity index (χ0) is 17.3. The van der Waals surface area contributed by atoms with E-state index in [1.165, 1.54) is 0 Å². The maximum Gasteiger partial charge on any atom is 0.174 e. The van der Waals surface area contributed by atoms with Gasteiger partial charge in [0.05, 0.1) is 0 Å². The number of rotatable bonds is 7. The lowest BCUT2D eigenvalue weighted by Crippen LogP contribution is -2.58. The van der Waals surface area contributed by atoms with Gasteiger partial charge >= 0.3 is 0 Å². The van der Waals surface area contributed by atoms with Crippen molar-refractivity contribution in [2.45, 2.75) is 65.8 Å². The lowest BCUT2D eigenvalue weighted by atomic mass is 10.8. The number of hydrogen-bond donors (Lipinski definition) is 1. The van der Waals surface area contributed by atoms with Crippen LogP contribution in [-0.2, 0) is 0 Å². The summed E-state index contributed by atoms with van der Waals surface area (Å²) in [7, 11) is -6.91. The summed E-state index contributed by atoms with van der Waals surface area (Å²) in [6.07, 6.45) is 0. The second-order valence-corrected chi connectivity index (χ2v) is 27.0. The minimum absolute atomic E-state index is 1.11. The van der Waals surface area contributed by atoms with E-state index in [0.29, 0.717) is 0 Å². The molecule has 0 aliphatic rings. The Kier molecular flexibility index (Phi) is 6.68. The van der Waals surface area contributed by atoms with Crippen LogP contribution in [0.4, 0.5) is 0 Å². The maximum atomic E-state index is 5.36. The molecule has 0 spiro atoms. The first-order valence-electron chi connectivity index (χ1n) is 7.41. The molecule has 0 saturated carbocycles. The van der Waals surface area contributed by atoms with E-state index < -0.39 is 32.1 Å². The average molecular weight is 363 g/mol. The van der Waals surface area contributed by atoms with E-state index in [1.54, 1.807) is 0 Å². The van der Waals surface area contributed by atoms with Crippen molar-refractivity contribution in [3.63, 3.8) is 0 Å². The molecule has 0 aliphatic heterocycles. The van der Waals surface area contributed by atoms with Crippen molar-refractivity contribution >= 4 is 38.8 Å². The number of allylic oxidation sites excluding steroid dienone is 1. The van der Waals surface area contributed by atoms with E-state index in [4.69, 9.17) is 4.41 Å². The second kappa shape index (κ2) is 6.66. The molecule has 0 aromatic rings. The van der Waals surface area contributed by atoms with Gasteiger partial charge in [0, 0.05) is 6.72 Å². The molecule has 1 atom stereocenters. The summed E-state index contributed by atoms with van der Waals surface area (Å²) in [6, 6.07) is 0. The van der Waals surface area contributed by atoms with Crippen molar-refractivity contribution in [2.75, 3.05) is 0 Å². The van der Waals surface area contributed by atoms with Crippen LogP contribution in [0.1, 0.15) is 6.92 Å². The summed E-state index contributed by atoms with van der Waals surface area (Å²) in [5.74, 6) is 0. The molecule has 1 unspecified atom stereocenters. The molecule has 21 heavy (non-hydrogen) atoms. The van der Waals surface area contributed by atoms with Gasteiger partial charge in [0.2, 0.25) is 0 Å². The third-order valence-electron chi connectivity index (χ3n) is 2.75. The van der Waals surface area contributed by atoms with E-state index >= 15 is 0 Å². The number of nitrogens with zero attached hydrogens (tertiary/aromatic N) is 3. The van der Waals surface area contributed by atoms with Gasteiger partial charge in [-0.2, -0.15) is 5.10 Å². The molecule has 0 heterocycles. The Balaban J connectivity index is 6.67. The molecule has 0 rings (SSSR count). The van der Waals surface area contributed by atoms with Crippen molar-refractivity contribution in [3.8, 4) is 0 Å². The predicted octanol–water partition coefficient (Wildman–Crippen LogP) is 5.56. The fraction of sp³-hybridized carbons (Fsp3) is 0.769. The molecule has 0 saturated heterocycles. The molecule has 0 radical (unpaired) electrons. The molecular weight excluding hydrogens is 327 g/mol. The summed E-state index contributed by atoms with van der Waals surface area (Å²) < 4.78 is 8.10. The molecule has 0 amide bonds. The van der Waals surface area contributed by atoms with Gasteiger partial charge in [0.15, 0.2) is 8.24 Å². The summed E-state index contributed by atoms with van der Waals surface area (Å²) in [5.41, 5.74) is 0. The largest absolute Gasteiger partial charge is 0.304 e. The highest BCUT2D eigenvalue weighted by Gasteiger charge is 2.45. The van der Waals surface area contributed by atoms with Gasteiger partial charge in [-0.05, 0) is 31.9 Å². The standard InChI is InChI=1S/C13H35N4PSi3/c1-13(2)18(15-14-3,16-19(4,5)6)17(20(7,8)9)21(10,11)12/h15H,1,3H2,2,4-12H3. The van der Waals surface area contributed by atoms with Gasteiger partial charge in [-0.25, -0.2) is 0 Å². The van der Waals surface area contributed by atoms with E-state index in [-0.39, 0.29) is 0 Å². The molecule has 0 aromatic carbocycles. The van der Waals surface area contributed by atoms with E-state index in [9.17, 15) is 0 Å². The van der Waals surface area contributed by atoms with Crippen LogP contribution in [-0.4, -0.2) is 35.4 Å². The minimum atomic E-state index is -2.07. The zero-order valence-electron chi connectivity index (χ0n) is 15.7. The van der Waals surface area contributed by atoms with Crippen LogP contribution >= 0.6 is 7.36 Å². The highest BCUT2D eigenvalue weighted by Crippen LogP contribution is 2.61. The van der Waals surface area contributed by atoms with Gasteiger partial charge in [0.25, 0.3) is 0 Å². The van der Waals surface area contributed by atoms with Crippen LogP contribution in [0.5, 0.6) is 0 Å². The molecule has 0 fully saturated rings. The van der Waals surface area contributed by atoms with Crippen LogP contribution in [0.25, 0.3) is 0 Å². The Morgan fingerprint density at radius 1 is 0.952 bits per heavy atom. The van der Waals surface area contributed by atoms with Crippen molar-refractivity contribution in [2.24, 2.45) is 9.51 Å². The minimum Gasteiger partial charge on any atom is -0.304 e. The Morgan fingerprint density at radius 3 is 1.52 bits per heavy atom. The van der Waals surface area contributed by atoms with Crippen LogP contribution in [0.2, 0.25) is 58.9 Å². The maximum absolute atomic E-state index is 5.36. The SMILES string of the molecule is C=NNP(=N[Si](C)(C)C)(C(=C)C)N([Si](C)(C)C)[Si](C)(C)C. The Bertz CT molecular complexity index is 442. The zero-order valence-corrected chi connectivity index (χ0v) is 19.6. The normalized spacial score (nSPS) is 16.3. The van der Waals surface area contributed by atoms with Gasteiger partial charge in [-0.15, -0.1) is 0 Å². The van der Waals surface area contributed by atoms with Crippen molar-refractivity contribution in [1.82, 2.24) is 9.20 Å². The summed E-state index contributed by atoms with van der Waals surface area (Å²) in [6.45, 7) is 31.3. The second-order valence-electron chi connectivity index (χ2n) is 8.52. The Labute approximate surface area is 135 Å².